The van der Waals surface area contributed by atoms with Gasteiger partial charge in [0.1, 0.15) is 24.3 Å². The molecule has 10 N–H and O–H groups in total. The van der Waals surface area contributed by atoms with Crippen molar-refractivity contribution in [2.75, 3.05) is 61.3 Å². The molecule has 2 aromatic carbocycles. The number of aliphatic imine (C=N–C) groups is 1. The number of benzene rings is 2. The highest BCUT2D eigenvalue weighted by Gasteiger charge is 2.26. The topological polar surface area (TPSA) is 322 Å². The maximum Gasteiger partial charge on any atom is 0.407 e. The van der Waals surface area contributed by atoms with E-state index < -0.39 is 30.0 Å². The van der Waals surface area contributed by atoms with E-state index in [0.717, 1.165) is 23.6 Å². The Labute approximate surface area is 447 Å². The highest BCUT2D eigenvalue weighted by atomic mass is 16.5. The molecule has 3 aromatic rings. The smallest absolute Gasteiger partial charge is 0.407 e. The average Bonchev–Trinajstić information content (AvgIpc) is 3.63. The number of hydrogen-bond acceptors (Lipinski definition) is 14. The van der Waals surface area contributed by atoms with Gasteiger partial charge in [-0.25, -0.2) is 19.6 Å². The second-order valence-corrected chi connectivity index (χ2v) is 18.8. The number of piperidine rings is 1. The predicted molar refractivity (Wildman–Crippen MR) is 289 cm³/mol. The molecule has 23 nitrogen and oxygen atoms in total. The van der Waals surface area contributed by atoms with Crippen LogP contribution in [0.1, 0.15) is 106 Å². The van der Waals surface area contributed by atoms with Gasteiger partial charge in [0.15, 0.2) is 0 Å². The number of aromatic nitrogens is 1. The number of amides is 10. The molecule has 6 rings (SSSR count). The molecular weight excluding hydrogens is 991 g/mol. The van der Waals surface area contributed by atoms with Crippen LogP contribution in [0, 0.1) is 0 Å². The summed E-state index contributed by atoms with van der Waals surface area (Å²) >= 11 is 0. The minimum atomic E-state index is -1.02. The highest BCUT2D eigenvalue weighted by Crippen LogP contribution is 2.29. The van der Waals surface area contributed by atoms with Gasteiger partial charge in [-0.2, -0.15) is 0 Å². The van der Waals surface area contributed by atoms with Crippen molar-refractivity contribution in [2.45, 2.75) is 103 Å². The maximum absolute atomic E-state index is 13.4. The minimum Gasteiger partial charge on any atom is -0.445 e. The Morgan fingerprint density at radius 3 is 2.22 bits per heavy atom. The van der Waals surface area contributed by atoms with Crippen LogP contribution in [0.15, 0.2) is 83.5 Å². The molecule has 3 aliphatic heterocycles. The van der Waals surface area contributed by atoms with Crippen LogP contribution in [0.25, 0.3) is 6.08 Å². The summed E-state index contributed by atoms with van der Waals surface area (Å²) in [7, 11) is 0. The molecule has 1 fully saturated rings. The van der Waals surface area contributed by atoms with E-state index in [2.05, 4.69) is 46.8 Å². The fourth-order valence-corrected chi connectivity index (χ4v) is 8.78. The number of unbranched alkanes of at least 4 members (excludes halogenated alkanes) is 2. The number of carbonyl (C=O) groups excluding carboxylic acids is 9. The molecule has 10 amide bonds. The van der Waals surface area contributed by atoms with Crippen molar-refractivity contribution in [1.29, 1.82) is 0 Å². The second-order valence-electron chi connectivity index (χ2n) is 18.8. The highest BCUT2D eigenvalue weighted by molar-refractivity contribution is 6.13. The number of amidine groups is 1. The maximum atomic E-state index is 13.4. The molecule has 1 saturated heterocycles. The number of pyridine rings is 1. The van der Waals surface area contributed by atoms with Crippen molar-refractivity contribution < 1.29 is 47.9 Å². The molecule has 410 valence electrons. The van der Waals surface area contributed by atoms with E-state index in [1.54, 1.807) is 54.7 Å². The first-order valence-electron chi connectivity index (χ1n) is 26.0. The summed E-state index contributed by atoms with van der Waals surface area (Å²) in [6, 6.07) is 13.4. The minimum absolute atomic E-state index is 0.0337. The zero-order valence-corrected chi connectivity index (χ0v) is 43.6. The van der Waals surface area contributed by atoms with Crippen LogP contribution < -0.4 is 48.3 Å². The van der Waals surface area contributed by atoms with E-state index in [-0.39, 0.29) is 81.1 Å². The van der Waals surface area contributed by atoms with Crippen molar-refractivity contribution >= 4 is 88.3 Å². The molecule has 23 heteroatoms. The molecular formula is C54H69N13O10. The Morgan fingerprint density at radius 1 is 0.831 bits per heavy atom. The van der Waals surface area contributed by atoms with Gasteiger partial charge in [-0.3, -0.25) is 38.5 Å². The first-order valence-corrected chi connectivity index (χ1v) is 26.0. The largest absolute Gasteiger partial charge is 0.445 e. The summed E-state index contributed by atoms with van der Waals surface area (Å²) in [5, 5.41) is 16.2. The zero-order valence-electron chi connectivity index (χ0n) is 43.6. The monoisotopic (exact) mass is 1060 g/mol. The molecule has 0 bridgehead atoms. The standard InChI is InChI=1S/C54H69N13O10/c1-3-24-66(25-4-2)52(74)38-29-36-13-14-37(30-43(36)63-44(55)31-38)50(72)61-41-17-18-45(58-32-41)65-27-21-40(22-28-65)62-54(76)77-34-35-11-15-39(16-12-35)60-51(73)42(9-8-23-57-53(56)75)64-47(69)33-59-46(68)10-6-5-7-26-67-48(70)19-20-49(67)71/h11-20,29-30,32,40,42H,3-10,21-28,31,33-34H2,1-2H3,(H2,55,63)(H,59,68)(H,60,73)(H,61,72)(H,62,76)(H,64,69)(H3,56,57,75)/t42-/m0/s1. The number of alkyl carbamates (subject to hydrolysis) is 1. The van der Waals surface area contributed by atoms with Crippen LogP contribution in [0.2, 0.25) is 0 Å². The molecule has 1 aromatic heterocycles. The van der Waals surface area contributed by atoms with Crippen LogP contribution in [0.3, 0.4) is 0 Å². The summed E-state index contributed by atoms with van der Waals surface area (Å²) in [4.78, 5) is 127. The fraction of sp³-hybridized carbons (Fsp3) is 0.426. The Bertz CT molecular complexity index is 2690. The summed E-state index contributed by atoms with van der Waals surface area (Å²) < 4.78 is 5.50. The number of nitrogens with zero attached hydrogens (tertiary/aromatic N) is 5. The molecule has 0 aliphatic carbocycles. The molecule has 77 heavy (non-hydrogen) atoms. The van der Waals surface area contributed by atoms with E-state index in [0.29, 0.717) is 110 Å². The molecule has 3 aliphatic rings. The van der Waals surface area contributed by atoms with Crippen LogP contribution in [0.4, 0.5) is 32.5 Å². The van der Waals surface area contributed by atoms with E-state index >= 15 is 0 Å². The number of carbonyl (C=O) groups is 9. The summed E-state index contributed by atoms with van der Waals surface area (Å²) in [5.41, 5.74) is 15.1. The quantitative estimate of drug-likeness (QED) is 0.0415. The molecule has 4 heterocycles. The molecule has 0 spiro atoms. The normalized spacial score (nSPS) is 14.5. The number of nitrogens with two attached hydrogens (primary N) is 2. The number of primary amides is 1. The Balaban J connectivity index is 0.893. The molecule has 0 radical (unpaired) electrons. The number of imide groups is 1. The Hall–Kier alpha value is -8.63. The predicted octanol–water partition coefficient (Wildman–Crippen LogP) is 4.13. The number of nitrogens with one attached hydrogen (secondary N) is 6. The lowest BCUT2D eigenvalue weighted by Gasteiger charge is -2.33. The van der Waals surface area contributed by atoms with Crippen molar-refractivity contribution in [3.8, 4) is 0 Å². The summed E-state index contributed by atoms with van der Waals surface area (Å²) in [6.07, 6.45) is 10.6. The number of ether oxygens (including phenoxy) is 1. The number of urea groups is 1. The Kier molecular flexibility index (Phi) is 21.6. The third-order valence-corrected chi connectivity index (χ3v) is 12.8. The van der Waals surface area contributed by atoms with Crippen LogP contribution in [0.5, 0.6) is 0 Å². The summed E-state index contributed by atoms with van der Waals surface area (Å²) in [5.74, 6) is -1.63. The molecule has 1 atom stereocenters. The van der Waals surface area contributed by atoms with Gasteiger partial charge in [-0.1, -0.05) is 38.5 Å². The van der Waals surface area contributed by atoms with Gasteiger partial charge in [0.25, 0.3) is 17.7 Å². The van der Waals surface area contributed by atoms with Crippen LogP contribution in [-0.4, -0.2) is 132 Å². The third-order valence-electron chi connectivity index (χ3n) is 12.8. The van der Waals surface area contributed by atoms with Gasteiger partial charge >= 0.3 is 12.1 Å². The molecule has 0 saturated carbocycles. The van der Waals surface area contributed by atoms with E-state index in [4.69, 9.17) is 16.2 Å². The van der Waals surface area contributed by atoms with Crippen LogP contribution >= 0.6 is 0 Å². The molecule has 0 unspecified atom stereocenters. The van der Waals surface area contributed by atoms with E-state index in [1.807, 2.05) is 30.9 Å². The van der Waals surface area contributed by atoms with Gasteiger partial charge in [-0.15, -0.1) is 0 Å². The van der Waals surface area contributed by atoms with Crippen molar-refractivity contribution in [2.24, 2.45) is 16.5 Å². The lowest BCUT2D eigenvalue weighted by atomic mass is 10.0. The fourth-order valence-electron chi connectivity index (χ4n) is 8.78. The van der Waals surface area contributed by atoms with Gasteiger partial charge in [0.05, 0.1) is 24.1 Å². The van der Waals surface area contributed by atoms with Crippen molar-refractivity contribution in [3.05, 3.63) is 95.2 Å². The second kappa shape index (κ2) is 28.9. The van der Waals surface area contributed by atoms with Gasteiger partial charge in [0.2, 0.25) is 23.6 Å². The van der Waals surface area contributed by atoms with Crippen molar-refractivity contribution in [1.82, 2.24) is 36.1 Å². The lowest BCUT2D eigenvalue weighted by molar-refractivity contribution is -0.137. The first kappa shape index (κ1) is 57.6. The number of fused-ring (bicyclic) bond motifs is 1. The van der Waals surface area contributed by atoms with Gasteiger partial charge in [-0.05, 0) is 99.4 Å². The van der Waals surface area contributed by atoms with Gasteiger partial charge in [0, 0.05) is 92.7 Å². The number of hydrogen-bond donors (Lipinski definition) is 8. The number of anilines is 3. The Morgan fingerprint density at radius 2 is 1.55 bits per heavy atom. The average molecular weight is 1060 g/mol. The zero-order chi connectivity index (χ0) is 55.3. The lowest BCUT2D eigenvalue weighted by Crippen LogP contribution is -2.47. The van der Waals surface area contributed by atoms with E-state index in [1.165, 1.54) is 12.2 Å². The number of rotatable bonds is 26. The first-order chi connectivity index (χ1) is 37.1. The van der Waals surface area contributed by atoms with Gasteiger partial charge < -0.3 is 57.9 Å². The SMILES string of the molecule is CCCN(CCC)C(=O)C1=Cc2ccc(C(=O)Nc3ccc(N4CCC(NC(=O)OCc5ccc(NC(=O)[C@H](CCCNC(N)=O)NC(=O)CNC(=O)CCCCCN6C(=O)C=CC6=O)cc5)CC4)nc3)cc2N=C(N)C1. The van der Waals surface area contributed by atoms with Crippen molar-refractivity contribution in [3.63, 3.8) is 0 Å². The third kappa shape index (κ3) is 18.0. The van der Waals surface area contributed by atoms with E-state index in [9.17, 15) is 43.2 Å². The summed E-state index contributed by atoms with van der Waals surface area (Å²) in [6.45, 7) is 6.63. The van der Waals surface area contributed by atoms with Crippen LogP contribution in [-0.2, 0) is 40.1 Å².